The van der Waals surface area contributed by atoms with Crippen LogP contribution in [0, 0.1) is 11.8 Å². The summed E-state index contributed by atoms with van der Waals surface area (Å²) in [5.41, 5.74) is 0. The largest absolute Gasteiger partial charge is 0.280 e. The van der Waals surface area contributed by atoms with Crippen LogP contribution in [0.5, 0.6) is 0 Å². The lowest BCUT2D eigenvalue weighted by atomic mass is 9.90. The third-order valence-corrected chi connectivity index (χ3v) is 3.07. The van der Waals surface area contributed by atoms with Crippen LogP contribution >= 0.6 is 0 Å². The van der Waals surface area contributed by atoms with E-state index in [2.05, 4.69) is 6.92 Å². The van der Waals surface area contributed by atoms with Crippen LogP contribution in [0.3, 0.4) is 0 Å². The maximum atomic E-state index is 11.9. The molecule has 2 atom stereocenters. The third-order valence-electron chi connectivity index (χ3n) is 3.07. The van der Waals surface area contributed by atoms with Crippen LogP contribution in [-0.4, -0.2) is 22.8 Å². The summed E-state index contributed by atoms with van der Waals surface area (Å²) in [6.07, 6.45) is 1.36. The quantitative estimate of drug-likeness (QED) is 0.647. The average Bonchev–Trinajstić information content (AvgIpc) is 2.40. The minimum absolute atomic E-state index is 0.00376. The van der Waals surface area contributed by atoms with E-state index in [9.17, 15) is 9.59 Å². The minimum atomic E-state index is -0.0742. The molecule has 1 fully saturated rings. The predicted molar refractivity (Wildman–Crippen MR) is 54.6 cm³/mol. The van der Waals surface area contributed by atoms with E-state index in [1.165, 1.54) is 4.90 Å². The Balaban J connectivity index is 2.79. The van der Waals surface area contributed by atoms with E-state index in [1.54, 1.807) is 0 Å². The fourth-order valence-corrected chi connectivity index (χ4v) is 1.95. The monoisotopic (exact) mass is 197 g/mol. The summed E-state index contributed by atoms with van der Waals surface area (Å²) >= 11 is 0. The van der Waals surface area contributed by atoms with Gasteiger partial charge in [0.1, 0.15) is 0 Å². The lowest BCUT2D eigenvalue weighted by Gasteiger charge is -2.20. The van der Waals surface area contributed by atoms with Gasteiger partial charge in [-0.1, -0.05) is 20.3 Å². The van der Waals surface area contributed by atoms with Gasteiger partial charge in [-0.3, -0.25) is 14.5 Å². The Kier molecular flexibility index (Phi) is 3.29. The van der Waals surface area contributed by atoms with E-state index >= 15 is 0 Å². The highest BCUT2D eigenvalue weighted by molar-refractivity contribution is 6.03. The summed E-state index contributed by atoms with van der Waals surface area (Å²) in [7, 11) is 0. The van der Waals surface area contributed by atoms with Crippen molar-refractivity contribution in [3.8, 4) is 0 Å². The molecule has 2 amide bonds. The van der Waals surface area contributed by atoms with Gasteiger partial charge in [-0.25, -0.2) is 0 Å². The van der Waals surface area contributed by atoms with Gasteiger partial charge < -0.3 is 0 Å². The second-order valence-corrected chi connectivity index (χ2v) is 4.39. The number of amides is 2. The molecule has 0 N–H and O–H groups in total. The van der Waals surface area contributed by atoms with Gasteiger partial charge in [0.2, 0.25) is 11.8 Å². The second-order valence-electron chi connectivity index (χ2n) is 4.39. The van der Waals surface area contributed by atoms with Crippen molar-refractivity contribution in [2.24, 2.45) is 11.8 Å². The van der Waals surface area contributed by atoms with E-state index in [1.807, 2.05) is 20.8 Å². The van der Waals surface area contributed by atoms with E-state index in [0.29, 0.717) is 12.3 Å². The van der Waals surface area contributed by atoms with Gasteiger partial charge in [0.25, 0.3) is 0 Å². The Morgan fingerprint density at radius 1 is 1.36 bits per heavy atom. The summed E-state index contributed by atoms with van der Waals surface area (Å²) in [5, 5.41) is 0. The maximum Gasteiger partial charge on any atom is 0.233 e. The Labute approximate surface area is 85.5 Å². The van der Waals surface area contributed by atoms with Crippen LogP contribution in [0.15, 0.2) is 0 Å². The van der Waals surface area contributed by atoms with Crippen LogP contribution in [0.1, 0.15) is 40.5 Å². The molecule has 0 spiro atoms. The Hall–Kier alpha value is -0.860. The molecule has 0 saturated carbocycles. The van der Waals surface area contributed by atoms with Gasteiger partial charge in [-0.15, -0.1) is 0 Å². The first kappa shape index (κ1) is 11.2. The fraction of sp³-hybridized carbons (Fsp3) is 0.818. The zero-order valence-electron chi connectivity index (χ0n) is 9.41. The highest BCUT2D eigenvalue weighted by Crippen LogP contribution is 2.29. The fourth-order valence-electron chi connectivity index (χ4n) is 1.95. The Morgan fingerprint density at radius 3 is 2.29 bits per heavy atom. The molecule has 1 heterocycles. The summed E-state index contributed by atoms with van der Waals surface area (Å²) in [6.45, 7) is 7.86. The summed E-state index contributed by atoms with van der Waals surface area (Å²) in [6, 6.07) is 0.00376. The van der Waals surface area contributed by atoms with Crippen molar-refractivity contribution in [3.05, 3.63) is 0 Å². The molecule has 1 saturated heterocycles. The normalized spacial score (nSPS) is 24.9. The molecule has 14 heavy (non-hydrogen) atoms. The third kappa shape index (κ3) is 1.81. The zero-order valence-corrected chi connectivity index (χ0v) is 9.41. The van der Waals surface area contributed by atoms with Crippen LogP contribution < -0.4 is 0 Å². The first-order valence-electron chi connectivity index (χ1n) is 5.34. The molecule has 0 aromatic rings. The lowest BCUT2D eigenvalue weighted by Crippen LogP contribution is -2.37. The van der Waals surface area contributed by atoms with Crippen molar-refractivity contribution in [3.63, 3.8) is 0 Å². The van der Waals surface area contributed by atoms with Crippen LogP contribution in [0.2, 0.25) is 0 Å². The van der Waals surface area contributed by atoms with E-state index in [0.717, 1.165) is 6.42 Å². The minimum Gasteiger partial charge on any atom is -0.280 e. The number of imide groups is 1. The SMILES string of the molecule is CCC(C)C1CC(=O)N(C(C)C)C1=O. The molecule has 3 heteroatoms. The molecule has 1 aliphatic rings. The summed E-state index contributed by atoms with van der Waals surface area (Å²) in [4.78, 5) is 24.8. The molecule has 0 aromatic carbocycles. The molecule has 0 aromatic heterocycles. The first-order chi connectivity index (χ1) is 6.49. The van der Waals surface area contributed by atoms with Crippen LogP contribution in [-0.2, 0) is 9.59 Å². The molecule has 3 nitrogen and oxygen atoms in total. The summed E-state index contributed by atoms with van der Waals surface area (Å²) < 4.78 is 0. The predicted octanol–water partition coefficient (Wildman–Crippen LogP) is 1.82. The first-order valence-corrected chi connectivity index (χ1v) is 5.34. The van der Waals surface area contributed by atoms with Crippen LogP contribution in [0.25, 0.3) is 0 Å². The van der Waals surface area contributed by atoms with Crippen molar-refractivity contribution in [2.45, 2.75) is 46.6 Å². The number of hydrogen-bond donors (Lipinski definition) is 0. The highest BCUT2D eigenvalue weighted by atomic mass is 16.2. The molecular weight excluding hydrogens is 178 g/mol. The highest BCUT2D eigenvalue weighted by Gasteiger charge is 2.41. The number of carbonyl (C=O) groups excluding carboxylic acids is 2. The molecule has 0 bridgehead atoms. The number of likely N-dealkylation sites (tertiary alicyclic amines) is 1. The van der Waals surface area contributed by atoms with Gasteiger partial charge in [0.15, 0.2) is 0 Å². The molecule has 0 aliphatic carbocycles. The van der Waals surface area contributed by atoms with Gasteiger partial charge in [0, 0.05) is 18.4 Å². The summed E-state index contributed by atoms with van der Waals surface area (Å²) in [5.74, 6) is 0.264. The lowest BCUT2D eigenvalue weighted by molar-refractivity contribution is -0.141. The second kappa shape index (κ2) is 4.11. The molecule has 1 aliphatic heterocycles. The Bertz CT molecular complexity index is 248. The van der Waals surface area contributed by atoms with Crippen molar-refractivity contribution in [1.29, 1.82) is 0 Å². The number of hydrogen-bond acceptors (Lipinski definition) is 2. The number of rotatable bonds is 3. The molecule has 0 radical (unpaired) electrons. The topological polar surface area (TPSA) is 37.4 Å². The number of nitrogens with zero attached hydrogens (tertiary/aromatic N) is 1. The van der Waals surface area contributed by atoms with Gasteiger partial charge in [0.05, 0.1) is 0 Å². The van der Waals surface area contributed by atoms with E-state index in [-0.39, 0.29) is 23.8 Å². The van der Waals surface area contributed by atoms with Crippen molar-refractivity contribution >= 4 is 11.8 Å². The molecular formula is C11H19NO2. The number of carbonyl (C=O) groups is 2. The van der Waals surface area contributed by atoms with Gasteiger partial charge in [-0.2, -0.15) is 0 Å². The molecule has 2 unspecified atom stereocenters. The van der Waals surface area contributed by atoms with Crippen molar-refractivity contribution in [2.75, 3.05) is 0 Å². The van der Waals surface area contributed by atoms with Crippen LogP contribution in [0.4, 0.5) is 0 Å². The molecule has 80 valence electrons. The van der Waals surface area contributed by atoms with Gasteiger partial charge in [-0.05, 0) is 19.8 Å². The van der Waals surface area contributed by atoms with E-state index < -0.39 is 0 Å². The Morgan fingerprint density at radius 2 is 1.93 bits per heavy atom. The van der Waals surface area contributed by atoms with Crippen molar-refractivity contribution in [1.82, 2.24) is 4.90 Å². The zero-order chi connectivity index (χ0) is 10.9. The average molecular weight is 197 g/mol. The van der Waals surface area contributed by atoms with Crippen molar-refractivity contribution < 1.29 is 9.59 Å². The maximum absolute atomic E-state index is 11.9. The molecule has 1 rings (SSSR count). The standard InChI is InChI=1S/C11H19NO2/c1-5-8(4)9-6-10(13)12(7(2)3)11(9)14/h7-9H,5-6H2,1-4H3. The van der Waals surface area contributed by atoms with Gasteiger partial charge >= 0.3 is 0 Å². The smallest absolute Gasteiger partial charge is 0.233 e. The van der Waals surface area contributed by atoms with E-state index in [4.69, 9.17) is 0 Å².